The molecule has 2 aliphatic rings. The van der Waals surface area contributed by atoms with E-state index in [1.807, 2.05) is 25.1 Å². The van der Waals surface area contributed by atoms with E-state index in [2.05, 4.69) is 26.2 Å². The molecule has 2 saturated heterocycles. The summed E-state index contributed by atoms with van der Waals surface area (Å²) in [5, 5.41) is 3.87. The number of morpholine rings is 1. The molecule has 0 spiro atoms. The van der Waals surface area contributed by atoms with Crippen molar-refractivity contribution in [1.82, 2.24) is 10.2 Å². The molecule has 0 bridgehead atoms. The van der Waals surface area contributed by atoms with Gasteiger partial charge in [-0.05, 0) is 76.1 Å². The number of halogens is 2. The molecule has 2 aromatic carbocycles. The summed E-state index contributed by atoms with van der Waals surface area (Å²) in [7, 11) is 0. The van der Waals surface area contributed by atoms with Gasteiger partial charge >= 0.3 is 0 Å². The van der Waals surface area contributed by atoms with Gasteiger partial charge in [-0.1, -0.05) is 23.7 Å². The lowest BCUT2D eigenvalue weighted by Gasteiger charge is -2.26. The van der Waals surface area contributed by atoms with Gasteiger partial charge in [-0.15, -0.1) is 0 Å². The second kappa shape index (κ2) is 10.7. The third-order valence-corrected chi connectivity index (χ3v) is 6.78. The second-order valence-electron chi connectivity index (χ2n) is 7.38. The summed E-state index contributed by atoms with van der Waals surface area (Å²) in [5.41, 5.74) is 2.49. The fraction of sp³-hybridized carbons (Fsp3) is 0.261. The highest BCUT2D eigenvalue weighted by Crippen LogP contribution is 2.32. The van der Waals surface area contributed by atoms with Crippen molar-refractivity contribution >= 4 is 68.0 Å². The molecule has 0 saturated carbocycles. The number of carbonyl (C=O) groups is 2. The number of benzene rings is 2. The maximum Gasteiger partial charge on any atom is 0.264 e. The lowest BCUT2D eigenvalue weighted by atomic mass is 10.2. The zero-order chi connectivity index (χ0) is 23.4. The Balaban J connectivity index is 1.42. The Labute approximate surface area is 209 Å². The summed E-state index contributed by atoms with van der Waals surface area (Å²) in [4.78, 5) is 31.5. The summed E-state index contributed by atoms with van der Waals surface area (Å²) in [6.45, 7) is 4.16. The Morgan fingerprint density at radius 3 is 2.85 bits per heavy atom. The maximum atomic E-state index is 12.4. The number of nitrogens with zero attached hydrogens (tertiary/aromatic N) is 2. The van der Waals surface area contributed by atoms with Crippen LogP contribution in [0.1, 0.15) is 11.1 Å². The molecule has 2 heterocycles. The van der Waals surface area contributed by atoms with Crippen LogP contribution in [0.15, 0.2) is 50.8 Å². The van der Waals surface area contributed by atoms with E-state index < -0.39 is 0 Å². The Morgan fingerprint density at radius 1 is 1.30 bits per heavy atom. The Hall–Kier alpha value is -2.33. The van der Waals surface area contributed by atoms with E-state index in [0.29, 0.717) is 57.3 Å². The first-order chi connectivity index (χ1) is 15.9. The minimum Gasteiger partial charge on any atom is -0.483 e. The van der Waals surface area contributed by atoms with Gasteiger partial charge in [0.2, 0.25) is 0 Å². The van der Waals surface area contributed by atoms with Gasteiger partial charge in [-0.3, -0.25) is 9.59 Å². The lowest BCUT2D eigenvalue weighted by Crippen LogP contribution is -2.43. The van der Waals surface area contributed by atoms with E-state index in [9.17, 15) is 9.59 Å². The van der Waals surface area contributed by atoms with Crippen LogP contribution in [-0.2, 0) is 14.3 Å². The molecule has 4 rings (SSSR count). The van der Waals surface area contributed by atoms with Crippen LogP contribution in [0.3, 0.4) is 0 Å². The fourth-order valence-electron chi connectivity index (χ4n) is 3.21. The standard InChI is InChI=1S/C23H21BrClN3O4S/c1-14-2-4-16(25)12-18(14)26-23-27-22(30)20(33-23)11-15-3-5-19(17(24)10-15)32-13-21(29)28-6-8-31-9-7-28/h2-5,10-12H,6-9,13H2,1H3,(H,26,27,30)/b20-11-. The second-order valence-corrected chi connectivity index (χ2v) is 9.71. The van der Waals surface area contributed by atoms with Crippen LogP contribution in [-0.4, -0.2) is 54.8 Å². The number of hydrogen-bond acceptors (Lipinski definition) is 6. The molecule has 33 heavy (non-hydrogen) atoms. The van der Waals surface area contributed by atoms with Gasteiger partial charge in [-0.2, -0.15) is 0 Å². The smallest absolute Gasteiger partial charge is 0.264 e. The molecule has 2 amide bonds. The van der Waals surface area contributed by atoms with E-state index in [0.717, 1.165) is 11.1 Å². The van der Waals surface area contributed by atoms with Crippen LogP contribution in [0.5, 0.6) is 5.75 Å². The number of aliphatic imine (C=N–C) groups is 1. The topological polar surface area (TPSA) is 80.2 Å². The highest BCUT2D eigenvalue weighted by atomic mass is 79.9. The average Bonchev–Trinajstić information content (AvgIpc) is 3.14. The van der Waals surface area contributed by atoms with Gasteiger partial charge in [0.15, 0.2) is 11.8 Å². The minimum absolute atomic E-state index is 0.0416. The maximum absolute atomic E-state index is 12.4. The third-order valence-electron chi connectivity index (χ3n) is 5.01. The molecule has 0 aromatic heterocycles. The van der Waals surface area contributed by atoms with Crippen LogP contribution in [0.2, 0.25) is 5.02 Å². The summed E-state index contributed by atoms with van der Waals surface area (Å²) < 4.78 is 11.6. The summed E-state index contributed by atoms with van der Waals surface area (Å²) in [6.07, 6.45) is 1.78. The van der Waals surface area contributed by atoms with Crippen LogP contribution >= 0.6 is 39.3 Å². The Kier molecular flexibility index (Phi) is 7.75. The minimum atomic E-state index is -0.217. The lowest BCUT2D eigenvalue weighted by molar-refractivity contribution is -0.137. The number of ether oxygens (including phenoxy) is 2. The van der Waals surface area contributed by atoms with E-state index in [1.165, 1.54) is 11.8 Å². The van der Waals surface area contributed by atoms with Crippen molar-refractivity contribution < 1.29 is 19.1 Å². The zero-order valence-corrected chi connectivity index (χ0v) is 20.9. The van der Waals surface area contributed by atoms with Crippen molar-refractivity contribution in [2.75, 3.05) is 32.9 Å². The number of hydrogen-bond donors (Lipinski definition) is 1. The molecule has 2 aliphatic heterocycles. The van der Waals surface area contributed by atoms with Crippen LogP contribution < -0.4 is 10.1 Å². The summed E-state index contributed by atoms with van der Waals surface area (Å²) in [6, 6.07) is 10.9. The van der Waals surface area contributed by atoms with Crippen LogP contribution in [0.25, 0.3) is 6.08 Å². The first kappa shape index (κ1) is 23.8. The number of amides is 2. The molecule has 7 nitrogen and oxygen atoms in total. The predicted molar refractivity (Wildman–Crippen MR) is 134 cm³/mol. The van der Waals surface area contributed by atoms with Crippen molar-refractivity contribution in [3.63, 3.8) is 0 Å². The molecule has 172 valence electrons. The van der Waals surface area contributed by atoms with Crippen LogP contribution in [0.4, 0.5) is 5.69 Å². The molecule has 2 aromatic rings. The molecule has 0 aliphatic carbocycles. The van der Waals surface area contributed by atoms with E-state index in [-0.39, 0.29) is 18.4 Å². The van der Waals surface area contributed by atoms with Crippen molar-refractivity contribution in [1.29, 1.82) is 0 Å². The number of amidine groups is 1. The largest absolute Gasteiger partial charge is 0.483 e. The SMILES string of the molecule is Cc1ccc(Cl)cc1N=C1NC(=O)/C(=C/c2ccc(OCC(=O)N3CCOCC3)c(Br)c2)S1. The first-order valence-electron chi connectivity index (χ1n) is 10.2. The van der Waals surface area contributed by atoms with Crippen molar-refractivity contribution in [3.05, 3.63) is 61.9 Å². The first-order valence-corrected chi connectivity index (χ1v) is 12.2. The normalized spacial score (nSPS) is 18.6. The fourth-order valence-corrected chi connectivity index (χ4v) is 4.72. The van der Waals surface area contributed by atoms with E-state index in [1.54, 1.807) is 29.2 Å². The van der Waals surface area contributed by atoms with E-state index >= 15 is 0 Å². The highest BCUT2D eigenvalue weighted by Gasteiger charge is 2.24. The third kappa shape index (κ3) is 6.17. The average molecular weight is 551 g/mol. The number of carbonyl (C=O) groups excluding carboxylic acids is 2. The van der Waals surface area contributed by atoms with Gasteiger partial charge in [0.25, 0.3) is 11.8 Å². The number of rotatable bonds is 5. The molecular weight excluding hydrogens is 530 g/mol. The summed E-state index contributed by atoms with van der Waals surface area (Å²) in [5.74, 6) is 0.268. The molecule has 0 atom stereocenters. The monoisotopic (exact) mass is 549 g/mol. The molecule has 1 N–H and O–H groups in total. The molecule has 0 radical (unpaired) electrons. The van der Waals surface area contributed by atoms with Gasteiger partial charge in [0.1, 0.15) is 5.75 Å². The Bertz CT molecular complexity index is 1150. The summed E-state index contributed by atoms with van der Waals surface area (Å²) >= 11 is 10.8. The van der Waals surface area contributed by atoms with Gasteiger partial charge in [-0.25, -0.2) is 4.99 Å². The number of nitrogens with one attached hydrogen (secondary N) is 1. The molecular formula is C23H21BrClN3O4S. The van der Waals surface area contributed by atoms with Crippen LogP contribution in [0, 0.1) is 6.92 Å². The zero-order valence-electron chi connectivity index (χ0n) is 17.8. The van der Waals surface area contributed by atoms with Crippen molar-refractivity contribution in [2.24, 2.45) is 4.99 Å². The van der Waals surface area contributed by atoms with Gasteiger partial charge < -0.3 is 19.7 Å². The highest BCUT2D eigenvalue weighted by molar-refractivity contribution is 9.10. The van der Waals surface area contributed by atoms with Crippen molar-refractivity contribution in [3.8, 4) is 5.75 Å². The Morgan fingerprint density at radius 2 is 2.09 bits per heavy atom. The number of thioether (sulfide) groups is 1. The molecule has 0 unspecified atom stereocenters. The number of aryl methyl sites for hydroxylation is 1. The van der Waals surface area contributed by atoms with E-state index in [4.69, 9.17) is 21.1 Å². The predicted octanol–water partition coefficient (Wildman–Crippen LogP) is 4.54. The molecule has 10 heteroatoms. The molecule has 2 fully saturated rings. The van der Waals surface area contributed by atoms with Crippen molar-refractivity contribution in [2.45, 2.75) is 6.92 Å². The van der Waals surface area contributed by atoms with Gasteiger partial charge in [0.05, 0.1) is 28.3 Å². The van der Waals surface area contributed by atoms with Gasteiger partial charge in [0, 0.05) is 18.1 Å². The quantitative estimate of drug-likeness (QED) is 0.553.